The molecular formula is C18H18F3N3O. The molecule has 1 fully saturated rings. The maximum absolute atomic E-state index is 13.0. The molecule has 0 aliphatic carbocycles. The number of aromatic nitrogens is 1. The molecule has 4 nitrogen and oxygen atoms in total. The molecule has 0 unspecified atom stereocenters. The molecular weight excluding hydrogens is 331 g/mol. The Balaban J connectivity index is 1.85. The maximum atomic E-state index is 13.0. The smallest absolute Gasteiger partial charge is 0.416 e. The number of pyridine rings is 1. The minimum atomic E-state index is -4.38. The Morgan fingerprint density at radius 1 is 1.24 bits per heavy atom. The van der Waals surface area contributed by atoms with Crippen LogP contribution in [-0.4, -0.2) is 38.3 Å². The summed E-state index contributed by atoms with van der Waals surface area (Å²) in [6.07, 6.45) is -3.34. The molecule has 2 aliphatic rings. The first kappa shape index (κ1) is 16.1. The zero-order chi connectivity index (χ0) is 17.8. The van der Waals surface area contributed by atoms with E-state index in [1.807, 2.05) is 7.05 Å². The predicted molar refractivity (Wildman–Crippen MR) is 90.2 cm³/mol. The summed E-state index contributed by atoms with van der Waals surface area (Å²) in [6, 6.07) is 7.34. The van der Waals surface area contributed by atoms with Crippen LogP contribution in [0.4, 0.5) is 24.7 Å². The van der Waals surface area contributed by atoms with Crippen molar-refractivity contribution in [1.29, 1.82) is 0 Å². The maximum Gasteiger partial charge on any atom is 0.416 e. The Morgan fingerprint density at radius 3 is 2.76 bits per heavy atom. The number of anilines is 2. The molecule has 132 valence electrons. The number of benzene rings is 1. The van der Waals surface area contributed by atoms with Crippen LogP contribution >= 0.6 is 0 Å². The zero-order valence-corrected chi connectivity index (χ0v) is 14.0. The van der Waals surface area contributed by atoms with Crippen LogP contribution in [0.15, 0.2) is 30.3 Å². The standard InChI is InChI=1S/C18H18F3N3O/c1-23-13-6-7-24(10-13)16-15(25-2)9-14(22-17(16)23)11-4-3-5-12(8-11)18(19,20)21/h3-5,8-9,13H,6-7,10H2,1-2H3/t13-/m0/s1. The molecule has 7 heteroatoms. The largest absolute Gasteiger partial charge is 0.494 e. The van der Waals surface area contributed by atoms with Gasteiger partial charge in [0.05, 0.1) is 18.4 Å². The lowest BCUT2D eigenvalue weighted by Gasteiger charge is -2.35. The number of alkyl halides is 3. The zero-order valence-electron chi connectivity index (χ0n) is 14.0. The Morgan fingerprint density at radius 2 is 2.04 bits per heavy atom. The van der Waals surface area contributed by atoms with Gasteiger partial charge in [-0.25, -0.2) is 4.98 Å². The van der Waals surface area contributed by atoms with Crippen molar-refractivity contribution in [3.05, 3.63) is 35.9 Å². The summed E-state index contributed by atoms with van der Waals surface area (Å²) >= 11 is 0. The molecule has 3 heterocycles. The third-order valence-corrected chi connectivity index (χ3v) is 5.01. The highest BCUT2D eigenvalue weighted by Gasteiger charge is 2.37. The fourth-order valence-electron chi connectivity index (χ4n) is 3.64. The van der Waals surface area contributed by atoms with Gasteiger partial charge in [0.15, 0.2) is 5.82 Å². The molecule has 1 saturated heterocycles. The van der Waals surface area contributed by atoms with Crippen LogP contribution in [0.3, 0.4) is 0 Å². The molecule has 25 heavy (non-hydrogen) atoms. The summed E-state index contributed by atoms with van der Waals surface area (Å²) in [6.45, 7) is 1.85. The van der Waals surface area contributed by atoms with Gasteiger partial charge in [0.1, 0.15) is 11.4 Å². The van der Waals surface area contributed by atoms with E-state index in [0.29, 0.717) is 23.0 Å². The molecule has 0 spiro atoms. The summed E-state index contributed by atoms with van der Waals surface area (Å²) in [5.41, 5.74) is 1.16. The number of likely N-dealkylation sites (N-methyl/N-ethyl adjacent to an activating group) is 1. The SMILES string of the molecule is COc1cc(-c2cccc(C(F)(F)F)c2)nc2c1N1CC[C@@H](C1)N2C. The van der Waals surface area contributed by atoms with E-state index in [2.05, 4.69) is 14.8 Å². The van der Waals surface area contributed by atoms with E-state index in [1.54, 1.807) is 19.2 Å². The van der Waals surface area contributed by atoms with E-state index in [4.69, 9.17) is 4.74 Å². The lowest BCUT2D eigenvalue weighted by atomic mass is 10.1. The number of nitrogens with zero attached hydrogens (tertiary/aromatic N) is 3. The van der Waals surface area contributed by atoms with Crippen molar-refractivity contribution in [3.63, 3.8) is 0 Å². The van der Waals surface area contributed by atoms with Gasteiger partial charge in [0.2, 0.25) is 0 Å². The number of halogens is 3. The van der Waals surface area contributed by atoms with Crippen LogP contribution < -0.4 is 14.5 Å². The molecule has 0 radical (unpaired) electrons. The van der Waals surface area contributed by atoms with Gasteiger partial charge in [-0.2, -0.15) is 13.2 Å². The molecule has 2 aromatic rings. The van der Waals surface area contributed by atoms with Crippen LogP contribution in [0.5, 0.6) is 5.75 Å². The number of ether oxygens (including phenoxy) is 1. The first-order chi connectivity index (χ1) is 11.9. The average Bonchev–Trinajstić information content (AvgIpc) is 3.04. The molecule has 0 saturated carbocycles. The normalized spacial score (nSPS) is 19.2. The van der Waals surface area contributed by atoms with Gasteiger partial charge in [-0.15, -0.1) is 0 Å². The van der Waals surface area contributed by atoms with Crippen molar-refractivity contribution in [1.82, 2.24) is 4.98 Å². The lowest BCUT2D eigenvalue weighted by Crippen LogP contribution is -2.40. The molecule has 2 aliphatic heterocycles. The van der Waals surface area contributed by atoms with Crippen molar-refractivity contribution < 1.29 is 17.9 Å². The topological polar surface area (TPSA) is 28.6 Å². The first-order valence-corrected chi connectivity index (χ1v) is 8.13. The predicted octanol–water partition coefficient (Wildman–Crippen LogP) is 3.80. The number of fused-ring (bicyclic) bond motifs is 4. The fraction of sp³-hybridized carbons (Fsp3) is 0.389. The van der Waals surface area contributed by atoms with Crippen LogP contribution in [0.25, 0.3) is 11.3 Å². The first-order valence-electron chi connectivity index (χ1n) is 8.13. The Labute approximate surface area is 143 Å². The second-order valence-electron chi connectivity index (χ2n) is 6.46. The second kappa shape index (κ2) is 5.54. The van der Waals surface area contributed by atoms with Gasteiger partial charge < -0.3 is 14.5 Å². The molecule has 2 bridgehead atoms. The monoisotopic (exact) mass is 349 g/mol. The van der Waals surface area contributed by atoms with Crippen molar-refractivity contribution in [2.75, 3.05) is 37.0 Å². The van der Waals surface area contributed by atoms with E-state index >= 15 is 0 Å². The average molecular weight is 349 g/mol. The quantitative estimate of drug-likeness (QED) is 0.824. The Bertz CT molecular complexity index is 822. The van der Waals surface area contributed by atoms with Crippen molar-refractivity contribution in [2.24, 2.45) is 0 Å². The van der Waals surface area contributed by atoms with Crippen LogP contribution in [0.1, 0.15) is 12.0 Å². The summed E-state index contributed by atoms with van der Waals surface area (Å²) in [7, 11) is 3.56. The molecule has 4 rings (SSSR count). The highest BCUT2D eigenvalue weighted by molar-refractivity contribution is 5.81. The Hall–Kier alpha value is -2.44. The molecule has 1 atom stereocenters. The van der Waals surface area contributed by atoms with Crippen molar-refractivity contribution in [3.8, 4) is 17.0 Å². The van der Waals surface area contributed by atoms with E-state index < -0.39 is 11.7 Å². The third kappa shape index (κ3) is 2.58. The second-order valence-corrected chi connectivity index (χ2v) is 6.46. The van der Waals surface area contributed by atoms with E-state index in [-0.39, 0.29) is 0 Å². The molecule has 0 N–H and O–H groups in total. The lowest BCUT2D eigenvalue weighted by molar-refractivity contribution is -0.137. The molecule has 1 aromatic carbocycles. The van der Waals surface area contributed by atoms with Crippen LogP contribution in [-0.2, 0) is 6.18 Å². The van der Waals surface area contributed by atoms with Gasteiger partial charge in [0, 0.05) is 37.8 Å². The van der Waals surface area contributed by atoms with Gasteiger partial charge in [-0.1, -0.05) is 12.1 Å². The summed E-state index contributed by atoms with van der Waals surface area (Å²) in [5, 5.41) is 0. The highest BCUT2D eigenvalue weighted by atomic mass is 19.4. The third-order valence-electron chi connectivity index (χ3n) is 5.01. The summed E-state index contributed by atoms with van der Waals surface area (Å²) < 4.78 is 44.6. The minimum Gasteiger partial charge on any atom is -0.494 e. The van der Waals surface area contributed by atoms with Crippen molar-refractivity contribution in [2.45, 2.75) is 18.6 Å². The van der Waals surface area contributed by atoms with Gasteiger partial charge >= 0.3 is 6.18 Å². The number of methoxy groups -OCH3 is 1. The van der Waals surface area contributed by atoms with Gasteiger partial charge in [-0.05, 0) is 18.6 Å². The van der Waals surface area contributed by atoms with E-state index in [0.717, 1.165) is 43.1 Å². The van der Waals surface area contributed by atoms with Crippen molar-refractivity contribution >= 4 is 11.5 Å². The number of hydrogen-bond acceptors (Lipinski definition) is 4. The highest BCUT2D eigenvalue weighted by Crippen LogP contribution is 2.45. The van der Waals surface area contributed by atoms with Gasteiger partial charge in [-0.3, -0.25) is 0 Å². The Kier molecular flexibility index (Phi) is 3.56. The fourth-order valence-corrected chi connectivity index (χ4v) is 3.64. The van der Waals surface area contributed by atoms with E-state index in [9.17, 15) is 13.2 Å². The summed E-state index contributed by atoms with van der Waals surface area (Å²) in [5.74, 6) is 1.41. The molecule has 1 aromatic heterocycles. The minimum absolute atomic E-state index is 0.376. The van der Waals surface area contributed by atoms with E-state index in [1.165, 1.54) is 6.07 Å². The van der Waals surface area contributed by atoms with Gasteiger partial charge in [0.25, 0.3) is 0 Å². The summed E-state index contributed by atoms with van der Waals surface area (Å²) in [4.78, 5) is 9.02. The van der Waals surface area contributed by atoms with Crippen LogP contribution in [0.2, 0.25) is 0 Å². The number of rotatable bonds is 2. The number of hydrogen-bond donors (Lipinski definition) is 0. The molecule has 0 amide bonds. The van der Waals surface area contributed by atoms with Crippen LogP contribution in [0, 0.1) is 0 Å².